The first-order chi connectivity index (χ1) is 12.1. The molecule has 2 heterocycles. The fraction of sp³-hybridized carbons (Fsp3) is 0.429. The first kappa shape index (κ1) is 16.1. The molecule has 0 fully saturated rings. The largest absolute Gasteiger partial charge is 0.350 e. The maximum Gasteiger partial charge on any atom is 0.0939 e. The van der Waals surface area contributed by atoms with Crippen molar-refractivity contribution in [2.24, 2.45) is 0 Å². The summed E-state index contributed by atoms with van der Waals surface area (Å²) in [5, 5.41) is 0. The Morgan fingerprint density at radius 3 is 1.36 bits per heavy atom. The quantitative estimate of drug-likeness (QED) is 0.824. The number of benzene rings is 2. The van der Waals surface area contributed by atoms with Crippen LogP contribution >= 0.6 is 0 Å². The highest BCUT2D eigenvalue weighted by Gasteiger charge is 2.32. The van der Waals surface area contributed by atoms with E-state index in [1.807, 2.05) is 0 Å². The zero-order valence-electron chi connectivity index (χ0n) is 15.7. The van der Waals surface area contributed by atoms with Crippen LogP contribution in [-0.4, -0.2) is 32.1 Å². The molecule has 25 heavy (non-hydrogen) atoms. The molecule has 4 rings (SSSR count). The maximum absolute atomic E-state index is 2.50. The molecule has 2 aromatic carbocycles. The van der Waals surface area contributed by atoms with Gasteiger partial charge >= 0.3 is 0 Å². The van der Waals surface area contributed by atoms with Crippen LogP contribution in [0.4, 0.5) is 22.7 Å². The molecular formula is C21H28N4. The highest BCUT2D eigenvalue weighted by Crippen LogP contribution is 2.40. The Morgan fingerprint density at radius 2 is 1.00 bits per heavy atom. The number of rotatable bonds is 4. The molecule has 0 spiro atoms. The standard InChI is InChI=1S/C21H28N4/c1-16(2)24-14-22(18-9-5-7-11-20(18)24)13-23-15-25(17(3)4)21-12-8-6-10-19(21)23/h5-12,16-17H,13-15H2,1-4H3. The molecule has 0 saturated carbocycles. The molecule has 0 radical (unpaired) electrons. The molecule has 2 aliphatic rings. The van der Waals surface area contributed by atoms with Gasteiger partial charge in [0.05, 0.1) is 42.8 Å². The molecule has 0 bridgehead atoms. The third-order valence-corrected chi connectivity index (χ3v) is 5.30. The molecule has 2 aromatic rings. The van der Waals surface area contributed by atoms with Crippen molar-refractivity contribution in [1.82, 2.24) is 0 Å². The van der Waals surface area contributed by atoms with Gasteiger partial charge in [0, 0.05) is 12.1 Å². The SMILES string of the molecule is CC(C)N1CN(CN2CN(C(C)C)c3ccccc32)c2ccccc21. The van der Waals surface area contributed by atoms with Gasteiger partial charge in [-0.15, -0.1) is 0 Å². The van der Waals surface area contributed by atoms with Crippen molar-refractivity contribution < 1.29 is 0 Å². The Balaban J connectivity index is 1.61. The van der Waals surface area contributed by atoms with Gasteiger partial charge in [0.1, 0.15) is 0 Å². The third-order valence-electron chi connectivity index (χ3n) is 5.30. The number of fused-ring (bicyclic) bond motifs is 2. The van der Waals surface area contributed by atoms with Gasteiger partial charge in [0.2, 0.25) is 0 Å². The predicted molar refractivity (Wildman–Crippen MR) is 108 cm³/mol. The highest BCUT2D eigenvalue weighted by atomic mass is 15.5. The predicted octanol–water partition coefficient (Wildman–Crippen LogP) is 4.33. The average Bonchev–Trinajstić information content (AvgIpc) is 3.15. The molecule has 0 aromatic heterocycles. The minimum Gasteiger partial charge on any atom is -0.350 e. The van der Waals surface area contributed by atoms with Crippen LogP contribution < -0.4 is 19.6 Å². The summed E-state index contributed by atoms with van der Waals surface area (Å²) >= 11 is 0. The summed E-state index contributed by atoms with van der Waals surface area (Å²) in [7, 11) is 0. The van der Waals surface area contributed by atoms with Crippen molar-refractivity contribution in [2.75, 3.05) is 39.6 Å². The van der Waals surface area contributed by atoms with Gasteiger partial charge in [-0.1, -0.05) is 24.3 Å². The van der Waals surface area contributed by atoms with Crippen LogP contribution in [-0.2, 0) is 0 Å². The lowest BCUT2D eigenvalue weighted by Crippen LogP contribution is -2.44. The molecular weight excluding hydrogens is 308 g/mol. The van der Waals surface area contributed by atoms with E-state index in [0.717, 1.165) is 20.0 Å². The zero-order valence-corrected chi connectivity index (χ0v) is 15.7. The maximum atomic E-state index is 2.50. The summed E-state index contributed by atoms with van der Waals surface area (Å²) < 4.78 is 0. The first-order valence-electron chi connectivity index (χ1n) is 9.27. The number of anilines is 4. The van der Waals surface area contributed by atoms with E-state index in [0.29, 0.717) is 12.1 Å². The van der Waals surface area contributed by atoms with Gasteiger partial charge < -0.3 is 19.6 Å². The molecule has 0 atom stereocenters. The molecule has 0 saturated heterocycles. The van der Waals surface area contributed by atoms with Crippen LogP contribution in [0.5, 0.6) is 0 Å². The molecule has 0 N–H and O–H groups in total. The van der Waals surface area contributed by atoms with Crippen LogP contribution in [0, 0.1) is 0 Å². The number of hydrogen-bond donors (Lipinski definition) is 0. The molecule has 4 nitrogen and oxygen atoms in total. The summed E-state index contributed by atoms with van der Waals surface area (Å²) in [6.45, 7) is 11.9. The van der Waals surface area contributed by atoms with Crippen LogP contribution in [0.15, 0.2) is 48.5 Å². The second kappa shape index (κ2) is 6.17. The van der Waals surface area contributed by atoms with E-state index in [1.54, 1.807) is 0 Å². The van der Waals surface area contributed by atoms with Crippen molar-refractivity contribution in [3.8, 4) is 0 Å². The zero-order chi connectivity index (χ0) is 17.6. The van der Waals surface area contributed by atoms with Gasteiger partial charge in [-0.3, -0.25) is 0 Å². The van der Waals surface area contributed by atoms with Gasteiger partial charge in [0.15, 0.2) is 0 Å². The van der Waals surface area contributed by atoms with E-state index in [-0.39, 0.29) is 0 Å². The number of hydrogen-bond acceptors (Lipinski definition) is 4. The lowest BCUT2D eigenvalue weighted by Gasteiger charge is -2.30. The molecule has 0 amide bonds. The van der Waals surface area contributed by atoms with Crippen molar-refractivity contribution in [2.45, 2.75) is 39.8 Å². The minimum absolute atomic E-state index is 0.504. The lowest BCUT2D eigenvalue weighted by molar-refractivity contribution is 0.647. The van der Waals surface area contributed by atoms with Crippen LogP contribution in [0.3, 0.4) is 0 Å². The summed E-state index contributed by atoms with van der Waals surface area (Å²) in [4.78, 5) is 9.96. The summed E-state index contributed by atoms with van der Waals surface area (Å²) in [5.74, 6) is 0. The average molecular weight is 336 g/mol. The fourth-order valence-electron chi connectivity index (χ4n) is 3.95. The molecule has 4 heteroatoms. The van der Waals surface area contributed by atoms with E-state index < -0.39 is 0 Å². The second-order valence-corrected chi connectivity index (χ2v) is 7.61. The Kier molecular flexibility index (Phi) is 3.98. The van der Waals surface area contributed by atoms with E-state index >= 15 is 0 Å². The van der Waals surface area contributed by atoms with Crippen molar-refractivity contribution >= 4 is 22.7 Å². The Labute approximate surface area is 151 Å². The van der Waals surface area contributed by atoms with Gasteiger partial charge in [0.25, 0.3) is 0 Å². The monoisotopic (exact) mass is 336 g/mol. The van der Waals surface area contributed by atoms with E-state index in [2.05, 4.69) is 95.8 Å². The lowest BCUT2D eigenvalue weighted by atomic mass is 10.2. The number of nitrogens with zero attached hydrogens (tertiary/aromatic N) is 4. The van der Waals surface area contributed by atoms with Crippen LogP contribution in [0.2, 0.25) is 0 Å². The topological polar surface area (TPSA) is 13.0 Å². The van der Waals surface area contributed by atoms with Crippen LogP contribution in [0.1, 0.15) is 27.7 Å². The van der Waals surface area contributed by atoms with Gasteiger partial charge in [-0.05, 0) is 52.0 Å². The second-order valence-electron chi connectivity index (χ2n) is 7.61. The molecule has 0 aliphatic carbocycles. The summed E-state index contributed by atoms with van der Waals surface area (Å²) in [6.07, 6.45) is 0. The molecule has 132 valence electrons. The minimum atomic E-state index is 0.504. The third kappa shape index (κ3) is 2.70. The van der Waals surface area contributed by atoms with E-state index in [9.17, 15) is 0 Å². The van der Waals surface area contributed by atoms with Gasteiger partial charge in [-0.2, -0.15) is 0 Å². The Morgan fingerprint density at radius 1 is 0.640 bits per heavy atom. The first-order valence-corrected chi connectivity index (χ1v) is 9.27. The van der Waals surface area contributed by atoms with Crippen molar-refractivity contribution in [1.29, 1.82) is 0 Å². The fourth-order valence-corrected chi connectivity index (χ4v) is 3.95. The molecule has 0 unspecified atom stereocenters. The van der Waals surface area contributed by atoms with E-state index in [4.69, 9.17) is 0 Å². The summed E-state index contributed by atoms with van der Waals surface area (Å²) in [5.41, 5.74) is 5.39. The molecule has 2 aliphatic heterocycles. The summed E-state index contributed by atoms with van der Waals surface area (Å²) in [6, 6.07) is 18.6. The smallest absolute Gasteiger partial charge is 0.0939 e. The van der Waals surface area contributed by atoms with Gasteiger partial charge in [-0.25, -0.2) is 0 Å². The Hall–Kier alpha value is -2.36. The van der Waals surface area contributed by atoms with Crippen molar-refractivity contribution in [3.63, 3.8) is 0 Å². The Bertz CT molecular complexity index is 692. The number of para-hydroxylation sites is 4. The highest BCUT2D eigenvalue weighted by molar-refractivity contribution is 5.80. The van der Waals surface area contributed by atoms with Crippen molar-refractivity contribution in [3.05, 3.63) is 48.5 Å². The normalized spacial score (nSPS) is 16.2. The van der Waals surface area contributed by atoms with Crippen LogP contribution in [0.25, 0.3) is 0 Å². The van der Waals surface area contributed by atoms with E-state index in [1.165, 1.54) is 22.7 Å².